The van der Waals surface area contributed by atoms with Gasteiger partial charge >= 0.3 is 12.1 Å². The van der Waals surface area contributed by atoms with E-state index in [2.05, 4.69) is 34.5 Å². The first-order valence-corrected chi connectivity index (χ1v) is 9.45. The predicted molar refractivity (Wildman–Crippen MR) is 101 cm³/mol. The van der Waals surface area contributed by atoms with Gasteiger partial charge in [0.15, 0.2) is 0 Å². The third-order valence-electron chi connectivity index (χ3n) is 5.32. The lowest BCUT2D eigenvalue weighted by atomic mass is 10.00. The minimum absolute atomic E-state index is 0.00518. The summed E-state index contributed by atoms with van der Waals surface area (Å²) in [6.45, 7) is 5.28. The van der Waals surface area contributed by atoms with Crippen LogP contribution in [0, 0.1) is 0 Å². The Hall–Kier alpha value is -2.81. The second-order valence-corrected chi connectivity index (χ2v) is 7.00. The summed E-state index contributed by atoms with van der Waals surface area (Å²) in [7, 11) is 0. The van der Waals surface area contributed by atoms with Crippen molar-refractivity contribution >= 4 is 18.6 Å². The second kappa shape index (κ2) is 9.41. The van der Waals surface area contributed by atoms with Crippen LogP contribution in [0.1, 0.15) is 11.1 Å². The van der Waals surface area contributed by atoms with Crippen molar-refractivity contribution in [3.05, 3.63) is 35.4 Å². The zero-order valence-corrected chi connectivity index (χ0v) is 15.7. The van der Waals surface area contributed by atoms with E-state index in [9.17, 15) is 9.59 Å². The molecule has 2 saturated heterocycles. The highest BCUT2D eigenvalue weighted by Gasteiger charge is 2.38. The minimum Gasteiger partial charge on any atom is -0.483 e. The van der Waals surface area contributed by atoms with Crippen molar-refractivity contribution in [1.82, 2.24) is 20.0 Å². The second-order valence-electron chi connectivity index (χ2n) is 7.00. The van der Waals surface area contributed by atoms with Gasteiger partial charge in [0.1, 0.15) is 6.61 Å². The van der Waals surface area contributed by atoms with Crippen LogP contribution in [0.3, 0.4) is 0 Å². The normalized spacial score (nSPS) is 21.0. The molecular formula is C19H26N4O5. The van der Waals surface area contributed by atoms with Crippen molar-refractivity contribution in [2.24, 2.45) is 0 Å². The Morgan fingerprint density at radius 2 is 2.00 bits per heavy atom. The Labute approximate surface area is 163 Å². The topological polar surface area (TPSA) is 102 Å². The van der Waals surface area contributed by atoms with E-state index in [-0.39, 0.29) is 24.6 Å². The fourth-order valence-electron chi connectivity index (χ4n) is 3.85. The number of amides is 3. The maximum atomic E-state index is 12.4. The first kappa shape index (κ1) is 19.9. The number of hydrogen-bond acceptors (Lipinski definition) is 5. The van der Waals surface area contributed by atoms with Gasteiger partial charge in [0, 0.05) is 45.8 Å². The molecule has 0 saturated carbocycles. The Morgan fingerprint density at radius 1 is 1.25 bits per heavy atom. The van der Waals surface area contributed by atoms with E-state index >= 15 is 0 Å². The molecule has 9 nitrogen and oxygen atoms in total. The molecule has 9 heteroatoms. The van der Waals surface area contributed by atoms with E-state index in [1.54, 1.807) is 9.80 Å². The molecule has 0 bridgehead atoms. The molecule has 1 unspecified atom stereocenters. The van der Waals surface area contributed by atoms with E-state index in [0.717, 1.165) is 26.1 Å². The maximum Gasteiger partial charge on any atom is 0.410 e. The Morgan fingerprint density at radius 3 is 2.79 bits per heavy atom. The molecule has 2 N–H and O–H groups in total. The smallest absolute Gasteiger partial charge is 0.410 e. The van der Waals surface area contributed by atoms with E-state index in [0.29, 0.717) is 32.8 Å². The van der Waals surface area contributed by atoms with Crippen molar-refractivity contribution in [2.75, 3.05) is 45.9 Å². The number of nitrogens with zero attached hydrogens (tertiary/aromatic N) is 3. The summed E-state index contributed by atoms with van der Waals surface area (Å²) in [5, 5.41) is 9.90. The van der Waals surface area contributed by atoms with Crippen LogP contribution in [0.5, 0.6) is 0 Å². The van der Waals surface area contributed by atoms with Crippen LogP contribution < -0.4 is 5.32 Å². The number of urea groups is 1. The van der Waals surface area contributed by atoms with Crippen LogP contribution in [0.15, 0.2) is 24.3 Å². The number of fused-ring (bicyclic) bond motifs is 2. The van der Waals surface area contributed by atoms with Gasteiger partial charge in [-0.1, -0.05) is 24.3 Å². The Balaban J connectivity index is 0.000000706. The zero-order valence-electron chi connectivity index (χ0n) is 15.7. The van der Waals surface area contributed by atoms with E-state index in [1.165, 1.54) is 11.1 Å². The Bertz CT molecular complexity index is 713. The number of ether oxygens (including phenoxy) is 1. The van der Waals surface area contributed by atoms with Crippen LogP contribution in [-0.4, -0.2) is 90.3 Å². The third kappa shape index (κ3) is 4.72. The molecule has 0 spiro atoms. The predicted octanol–water partition coefficient (Wildman–Crippen LogP) is 0.592. The first-order chi connectivity index (χ1) is 13.6. The monoisotopic (exact) mass is 390 g/mol. The molecule has 1 atom stereocenters. The average molecular weight is 390 g/mol. The zero-order chi connectivity index (χ0) is 19.9. The number of carbonyl (C=O) groups excluding carboxylic acids is 2. The molecule has 2 fully saturated rings. The van der Waals surface area contributed by atoms with E-state index < -0.39 is 0 Å². The largest absolute Gasteiger partial charge is 0.483 e. The molecule has 1 aromatic carbocycles. The Kier molecular flexibility index (Phi) is 6.70. The average Bonchev–Trinajstić information content (AvgIpc) is 3.09. The van der Waals surface area contributed by atoms with Gasteiger partial charge in [0.05, 0.1) is 6.04 Å². The summed E-state index contributed by atoms with van der Waals surface area (Å²) in [5.41, 5.74) is 2.83. The summed E-state index contributed by atoms with van der Waals surface area (Å²) < 4.78 is 5.04. The van der Waals surface area contributed by atoms with Crippen molar-refractivity contribution < 1.29 is 24.2 Å². The lowest BCUT2D eigenvalue weighted by Gasteiger charge is -2.35. The van der Waals surface area contributed by atoms with Gasteiger partial charge in [-0.15, -0.1) is 0 Å². The number of carboxylic acid groups (broad SMARTS) is 1. The van der Waals surface area contributed by atoms with Gasteiger partial charge in [-0.05, 0) is 17.5 Å². The molecule has 0 aromatic heterocycles. The van der Waals surface area contributed by atoms with E-state index in [1.807, 2.05) is 0 Å². The van der Waals surface area contributed by atoms with Crippen molar-refractivity contribution in [1.29, 1.82) is 0 Å². The molecule has 152 valence electrons. The number of nitrogens with one attached hydrogen (secondary N) is 1. The van der Waals surface area contributed by atoms with Gasteiger partial charge in [0.2, 0.25) is 0 Å². The van der Waals surface area contributed by atoms with Crippen molar-refractivity contribution in [3.8, 4) is 0 Å². The van der Waals surface area contributed by atoms with Gasteiger partial charge in [-0.25, -0.2) is 9.59 Å². The summed E-state index contributed by atoms with van der Waals surface area (Å²) in [6.07, 6.45) is 0.817. The number of rotatable bonds is 3. The van der Waals surface area contributed by atoms with Crippen molar-refractivity contribution in [2.45, 2.75) is 19.0 Å². The lowest BCUT2D eigenvalue weighted by molar-refractivity contribution is -0.122. The van der Waals surface area contributed by atoms with Gasteiger partial charge in [0.25, 0.3) is 6.47 Å². The van der Waals surface area contributed by atoms with Crippen LogP contribution in [0.4, 0.5) is 9.59 Å². The molecule has 3 aliphatic rings. The van der Waals surface area contributed by atoms with Gasteiger partial charge in [-0.2, -0.15) is 0 Å². The highest BCUT2D eigenvalue weighted by molar-refractivity contribution is 5.75. The van der Waals surface area contributed by atoms with Crippen LogP contribution in [-0.2, 0) is 22.5 Å². The third-order valence-corrected chi connectivity index (χ3v) is 5.32. The SMILES string of the molecule is O=C(NCCN1CCc2ccccc2C1)N1CCN2C(=O)OCC2C1.O=CO. The fraction of sp³-hybridized carbons (Fsp3) is 0.526. The van der Waals surface area contributed by atoms with Crippen LogP contribution in [0.25, 0.3) is 0 Å². The maximum absolute atomic E-state index is 12.4. The minimum atomic E-state index is -0.254. The molecule has 0 aliphatic carbocycles. The van der Waals surface area contributed by atoms with Gasteiger partial charge < -0.3 is 20.1 Å². The molecule has 3 amide bonds. The quantitative estimate of drug-likeness (QED) is 0.733. The fourth-order valence-corrected chi connectivity index (χ4v) is 3.85. The lowest BCUT2D eigenvalue weighted by Crippen LogP contribution is -2.56. The summed E-state index contributed by atoms with van der Waals surface area (Å²) in [5.74, 6) is 0. The molecule has 3 heterocycles. The molecule has 3 aliphatic heterocycles. The summed E-state index contributed by atoms with van der Waals surface area (Å²) in [6, 6.07) is 8.52. The number of carbonyl (C=O) groups is 3. The first-order valence-electron chi connectivity index (χ1n) is 9.45. The highest BCUT2D eigenvalue weighted by atomic mass is 16.6. The number of cyclic esters (lactones) is 1. The molecule has 1 aromatic rings. The highest BCUT2D eigenvalue weighted by Crippen LogP contribution is 2.19. The van der Waals surface area contributed by atoms with Gasteiger partial charge in [-0.3, -0.25) is 14.6 Å². The molecule has 28 heavy (non-hydrogen) atoms. The van der Waals surface area contributed by atoms with Crippen LogP contribution in [0.2, 0.25) is 0 Å². The van der Waals surface area contributed by atoms with E-state index in [4.69, 9.17) is 14.6 Å². The van der Waals surface area contributed by atoms with Crippen molar-refractivity contribution in [3.63, 3.8) is 0 Å². The summed E-state index contributed by atoms with van der Waals surface area (Å²) >= 11 is 0. The molecule has 4 rings (SSSR count). The number of benzene rings is 1. The number of piperazine rings is 1. The molecule has 0 radical (unpaired) electrons. The number of hydrogen-bond donors (Lipinski definition) is 2. The standard InChI is InChI=1S/C18H24N4O3.CH2O2/c23-17(21-9-10-22-16(12-21)13-25-18(22)24)19-6-8-20-7-5-14-3-1-2-4-15(14)11-20;2-1-3/h1-4,16H,5-13H2,(H,19,23);1H,(H,2,3). The summed E-state index contributed by atoms with van der Waals surface area (Å²) in [4.78, 5) is 38.1. The molecular weight excluding hydrogens is 364 g/mol. The van der Waals surface area contributed by atoms with Crippen LogP contribution >= 0.6 is 0 Å².